The molecule has 2 heteroatoms. The minimum absolute atomic E-state index is 0.260. The SMILES string of the molecule is O=C1CC(C2CC2)NC1C1CC1. The van der Waals surface area contributed by atoms with Gasteiger partial charge in [0, 0.05) is 12.5 Å². The van der Waals surface area contributed by atoms with Crippen molar-refractivity contribution < 1.29 is 4.79 Å². The van der Waals surface area contributed by atoms with Gasteiger partial charge in [0.25, 0.3) is 0 Å². The van der Waals surface area contributed by atoms with E-state index in [4.69, 9.17) is 0 Å². The summed E-state index contributed by atoms with van der Waals surface area (Å²) in [5, 5.41) is 3.52. The molecule has 0 aromatic carbocycles. The molecular formula is C10H15NO. The summed E-state index contributed by atoms with van der Waals surface area (Å²) >= 11 is 0. The van der Waals surface area contributed by atoms with E-state index in [1.807, 2.05) is 0 Å². The van der Waals surface area contributed by atoms with Gasteiger partial charge in [-0.15, -0.1) is 0 Å². The van der Waals surface area contributed by atoms with Crippen molar-refractivity contribution in [3.05, 3.63) is 0 Å². The van der Waals surface area contributed by atoms with Crippen LogP contribution in [0.2, 0.25) is 0 Å². The van der Waals surface area contributed by atoms with E-state index in [1.165, 1.54) is 25.7 Å². The van der Waals surface area contributed by atoms with Crippen LogP contribution < -0.4 is 5.32 Å². The molecule has 1 N–H and O–H groups in total. The Balaban J connectivity index is 1.68. The van der Waals surface area contributed by atoms with Crippen LogP contribution in [-0.2, 0) is 4.79 Å². The number of ketones is 1. The van der Waals surface area contributed by atoms with Crippen molar-refractivity contribution in [3.8, 4) is 0 Å². The molecule has 12 heavy (non-hydrogen) atoms. The highest BCUT2D eigenvalue weighted by atomic mass is 16.1. The van der Waals surface area contributed by atoms with Gasteiger partial charge in [-0.1, -0.05) is 0 Å². The van der Waals surface area contributed by atoms with Crippen LogP contribution in [0.4, 0.5) is 0 Å². The van der Waals surface area contributed by atoms with Crippen molar-refractivity contribution in [1.29, 1.82) is 0 Å². The highest BCUT2D eigenvalue weighted by molar-refractivity contribution is 5.87. The molecule has 3 rings (SSSR count). The minimum atomic E-state index is 0.260. The third-order valence-corrected chi connectivity index (χ3v) is 3.45. The number of rotatable bonds is 2. The van der Waals surface area contributed by atoms with Gasteiger partial charge >= 0.3 is 0 Å². The summed E-state index contributed by atoms with van der Waals surface area (Å²) < 4.78 is 0. The van der Waals surface area contributed by atoms with E-state index >= 15 is 0 Å². The van der Waals surface area contributed by atoms with E-state index in [2.05, 4.69) is 5.32 Å². The average Bonchev–Trinajstić information content (AvgIpc) is 2.93. The summed E-state index contributed by atoms with van der Waals surface area (Å²) in [4.78, 5) is 11.5. The number of hydrogen-bond acceptors (Lipinski definition) is 2. The Bertz CT molecular complexity index is 218. The first-order valence-electron chi connectivity index (χ1n) is 5.13. The topological polar surface area (TPSA) is 29.1 Å². The van der Waals surface area contributed by atoms with Gasteiger partial charge in [0.05, 0.1) is 6.04 Å². The lowest BCUT2D eigenvalue weighted by Crippen LogP contribution is -2.34. The van der Waals surface area contributed by atoms with Crippen molar-refractivity contribution in [2.24, 2.45) is 11.8 Å². The van der Waals surface area contributed by atoms with Crippen LogP contribution in [0.25, 0.3) is 0 Å². The van der Waals surface area contributed by atoms with Gasteiger partial charge in [-0.25, -0.2) is 0 Å². The molecule has 3 fully saturated rings. The normalized spacial score (nSPS) is 42.2. The molecule has 3 aliphatic rings. The second kappa shape index (κ2) is 2.32. The molecule has 0 spiro atoms. The van der Waals surface area contributed by atoms with E-state index in [0.717, 1.165) is 12.3 Å². The summed E-state index contributed by atoms with van der Waals surface area (Å²) in [6.45, 7) is 0. The fraction of sp³-hybridized carbons (Fsp3) is 0.900. The predicted octanol–water partition coefficient (Wildman–Crippen LogP) is 1.11. The molecule has 0 bridgehead atoms. The second-order valence-corrected chi connectivity index (χ2v) is 4.60. The summed E-state index contributed by atoms with van der Waals surface area (Å²) in [5.74, 6) is 2.05. The van der Waals surface area contributed by atoms with E-state index in [0.29, 0.717) is 17.7 Å². The van der Waals surface area contributed by atoms with Gasteiger partial charge in [-0.3, -0.25) is 4.79 Å². The summed E-state index contributed by atoms with van der Waals surface area (Å²) in [7, 11) is 0. The molecule has 2 nitrogen and oxygen atoms in total. The molecule has 0 aromatic rings. The van der Waals surface area contributed by atoms with Gasteiger partial charge in [0.15, 0.2) is 5.78 Å². The third kappa shape index (κ3) is 1.09. The van der Waals surface area contributed by atoms with Crippen LogP contribution in [0.5, 0.6) is 0 Å². The molecule has 1 aliphatic heterocycles. The van der Waals surface area contributed by atoms with Crippen molar-refractivity contribution in [3.63, 3.8) is 0 Å². The Morgan fingerprint density at radius 1 is 1.08 bits per heavy atom. The van der Waals surface area contributed by atoms with Crippen molar-refractivity contribution >= 4 is 5.78 Å². The molecule has 0 aromatic heterocycles. The van der Waals surface area contributed by atoms with Crippen molar-refractivity contribution in [1.82, 2.24) is 5.32 Å². The zero-order chi connectivity index (χ0) is 8.13. The van der Waals surface area contributed by atoms with E-state index in [-0.39, 0.29) is 6.04 Å². The number of hydrogen-bond donors (Lipinski definition) is 1. The molecule has 2 unspecified atom stereocenters. The van der Waals surface area contributed by atoms with Crippen LogP contribution in [-0.4, -0.2) is 17.9 Å². The number of carbonyl (C=O) groups is 1. The average molecular weight is 165 g/mol. The molecule has 2 atom stereocenters. The first-order valence-corrected chi connectivity index (χ1v) is 5.13. The van der Waals surface area contributed by atoms with Crippen molar-refractivity contribution in [2.45, 2.75) is 44.2 Å². The molecule has 0 amide bonds. The third-order valence-electron chi connectivity index (χ3n) is 3.45. The summed E-state index contributed by atoms with van der Waals surface area (Å²) in [6.07, 6.45) is 6.08. The summed E-state index contributed by atoms with van der Waals surface area (Å²) in [5.41, 5.74) is 0. The molecule has 66 valence electrons. The second-order valence-electron chi connectivity index (χ2n) is 4.60. The quantitative estimate of drug-likeness (QED) is 0.664. The predicted molar refractivity (Wildman–Crippen MR) is 45.8 cm³/mol. The Hall–Kier alpha value is -0.370. The summed E-state index contributed by atoms with van der Waals surface area (Å²) in [6, 6.07) is 0.818. The largest absolute Gasteiger partial charge is 0.304 e. The fourth-order valence-electron chi connectivity index (χ4n) is 2.36. The number of Topliss-reactive ketones (excluding diaryl/α,β-unsaturated/α-hetero) is 1. The Morgan fingerprint density at radius 2 is 1.75 bits per heavy atom. The lowest BCUT2D eigenvalue weighted by Gasteiger charge is -2.10. The van der Waals surface area contributed by atoms with Crippen molar-refractivity contribution in [2.75, 3.05) is 0 Å². The molecule has 1 saturated heterocycles. The van der Waals surface area contributed by atoms with Crippen LogP contribution in [0.15, 0.2) is 0 Å². The van der Waals surface area contributed by atoms with E-state index < -0.39 is 0 Å². The maximum Gasteiger partial charge on any atom is 0.151 e. The Labute approximate surface area is 72.7 Å². The standard InChI is InChI=1S/C10H15NO/c12-9-5-8(6-1-2-6)11-10(9)7-3-4-7/h6-8,10-11H,1-5H2. The number of carbonyl (C=O) groups excluding carboxylic acids is 1. The van der Waals surface area contributed by atoms with Crippen LogP contribution in [0, 0.1) is 11.8 Å². The zero-order valence-electron chi connectivity index (χ0n) is 7.25. The molecular weight excluding hydrogens is 150 g/mol. The smallest absolute Gasteiger partial charge is 0.151 e. The monoisotopic (exact) mass is 165 g/mol. The molecule has 1 heterocycles. The van der Waals surface area contributed by atoms with Gasteiger partial charge in [-0.05, 0) is 37.5 Å². The molecule has 0 radical (unpaired) electrons. The van der Waals surface area contributed by atoms with Gasteiger partial charge in [0.2, 0.25) is 0 Å². The maximum absolute atomic E-state index is 11.5. The molecule has 2 aliphatic carbocycles. The first-order chi connectivity index (χ1) is 5.84. The van der Waals surface area contributed by atoms with Gasteiger partial charge in [-0.2, -0.15) is 0 Å². The zero-order valence-corrected chi connectivity index (χ0v) is 7.25. The van der Waals surface area contributed by atoms with Gasteiger partial charge < -0.3 is 5.32 Å². The Morgan fingerprint density at radius 3 is 2.33 bits per heavy atom. The van der Waals surface area contributed by atoms with Crippen LogP contribution in [0.3, 0.4) is 0 Å². The lowest BCUT2D eigenvalue weighted by molar-refractivity contribution is -0.119. The van der Waals surface area contributed by atoms with E-state index in [1.54, 1.807) is 0 Å². The first kappa shape index (κ1) is 7.07. The van der Waals surface area contributed by atoms with Crippen LogP contribution in [0.1, 0.15) is 32.1 Å². The fourth-order valence-corrected chi connectivity index (χ4v) is 2.36. The van der Waals surface area contributed by atoms with E-state index in [9.17, 15) is 4.79 Å². The maximum atomic E-state index is 11.5. The minimum Gasteiger partial charge on any atom is -0.304 e. The Kier molecular flexibility index (Phi) is 1.37. The number of nitrogens with one attached hydrogen (secondary N) is 1. The lowest BCUT2D eigenvalue weighted by atomic mass is 10.1. The highest BCUT2D eigenvalue weighted by Gasteiger charge is 2.46. The highest BCUT2D eigenvalue weighted by Crippen LogP contribution is 2.41. The molecule has 2 saturated carbocycles. The van der Waals surface area contributed by atoms with Crippen LogP contribution >= 0.6 is 0 Å². The van der Waals surface area contributed by atoms with Gasteiger partial charge in [0.1, 0.15) is 0 Å².